The van der Waals surface area contributed by atoms with Crippen molar-refractivity contribution < 1.29 is 18.7 Å². The third kappa shape index (κ3) is 7.53. The first-order valence-corrected chi connectivity index (χ1v) is 13.1. The largest absolute Gasteiger partial charge is 0.376 e. The molecule has 0 saturated carbocycles. The lowest BCUT2D eigenvalue weighted by atomic mass is 10.2. The number of nitrogens with zero attached hydrogens (tertiary/aromatic N) is 2. The second-order valence-corrected chi connectivity index (χ2v) is 10.7. The fraction of sp³-hybridized carbons (Fsp3) is 0.333. The van der Waals surface area contributed by atoms with Crippen molar-refractivity contribution in [2.45, 2.75) is 39.0 Å². The molecule has 0 bridgehead atoms. The Kier molecular flexibility index (Phi) is 8.96. The molecule has 1 aromatic heterocycles. The van der Waals surface area contributed by atoms with Gasteiger partial charge in [-0.2, -0.15) is 0 Å². The molecule has 2 aromatic carbocycles. The predicted molar refractivity (Wildman–Crippen MR) is 141 cm³/mol. The van der Waals surface area contributed by atoms with Gasteiger partial charge in [-0.25, -0.2) is 9.18 Å². The summed E-state index contributed by atoms with van der Waals surface area (Å²) in [6.07, 6.45) is 1.65. The van der Waals surface area contributed by atoms with Gasteiger partial charge < -0.3 is 19.9 Å². The molecule has 36 heavy (non-hydrogen) atoms. The van der Waals surface area contributed by atoms with Crippen LogP contribution < -0.4 is 5.32 Å². The maximum atomic E-state index is 13.6. The molecule has 9 heteroatoms. The number of anilines is 1. The number of ether oxygens (including phenoxy) is 1. The molecule has 1 fully saturated rings. The first-order chi connectivity index (χ1) is 17.4. The van der Waals surface area contributed by atoms with E-state index in [-0.39, 0.29) is 24.4 Å². The Bertz CT molecular complexity index is 1180. The number of hydrogen-bond acceptors (Lipinski definition) is 4. The van der Waals surface area contributed by atoms with Gasteiger partial charge in [0.2, 0.25) is 5.91 Å². The average Bonchev–Trinajstić information content (AvgIpc) is 3.51. The summed E-state index contributed by atoms with van der Waals surface area (Å²) in [4.78, 5) is 32.2. The minimum atomic E-state index is -0.394. The van der Waals surface area contributed by atoms with Crippen molar-refractivity contribution in [2.75, 3.05) is 25.0 Å². The number of rotatable bonds is 9. The highest BCUT2D eigenvalue weighted by Gasteiger charge is 2.27. The molecule has 2 heterocycles. The lowest BCUT2D eigenvalue weighted by Crippen LogP contribution is -2.46. The lowest BCUT2D eigenvalue weighted by Gasteiger charge is -2.29. The summed E-state index contributed by atoms with van der Waals surface area (Å²) in [5, 5.41) is 3.35. The second kappa shape index (κ2) is 12.3. The van der Waals surface area contributed by atoms with E-state index in [0.29, 0.717) is 37.0 Å². The highest BCUT2D eigenvalue weighted by molar-refractivity contribution is 7.11. The van der Waals surface area contributed by atoms with Crippen LogP contribution in [0.1, 0.15) is 28.2 Å². The highest BCUT2D eigenvalue weighted by atomic mass is 35.5. The van der Waals surface area contributed by atoms with E-state index in [0.717, 1.165) is 28.2 Å². The van der Waals surface area contributed by atoms with Crippen molar-refractivity contribution in [2.24, 2.45) is 0 Å². The number of benzene rings is 2. The zero-order valence-electron chi connectivity index (χ0n) is 20.1. The molecule has 190 valence electrons. The third-order valence-corrected chi connectivity index (χ3v) is 7.14. The molecule has 3 amide bonds. The van der Waals surface area contributed by atoms with Gasteiger partial charge in [0.15, 0.2) is 0 Å². The van der Waals surface area contributed by atoms with E-state index in [1.807, 2.05) is 19.1 Å². The lowest BCUT2D eigenvalue weighted by molar-refractivity contribution is -0.133. The van der Waals surface area contributed by atoms with E-state index < -0.39 is 6.03 Å². The van der Waals surface area contributed by atoms with E-state index in [2.05, 4.69) is 5.32 Å². The van der Waals surface area contributed by atoms with Crippen molar-refractivity contribution in [1.82, 2.24) is 9.80 Å². The maximum Gasteiger partial charge on any atom is 0.322 e. The van der Waals surface area contributed by atoms with E-state index in [1.165, 1.54) is 17.0 Å². The summed E-state index contributed by atoms with van der Waals surface area (Å²) in [7, 11) is 0. The molecular formula is C27H29ClFN3O3S. The van der Waals surface area contributed by atoms with Crippen LogP contribution in [0.2, 0.25) is 5.02 Å². The topological polar surface area (TPSA) is 61.9 Å². The smallest absolute Gasteiger partial charge is 0.322 e. The first kappa shape index (κ1) is 26.1. The second-order valence-electron chi connectivity index (χ2n) is 8.84. The normalized spacial score (nSPS) is 15.0. The Labute approximate surface area is 219 Å². The monoisotopic (exact) mass is 529 g/mol. The fourth-order valence-corrected chi connectivity index (χ4v) is 5.18. The molecule has 1 aliphatic heterocycles. The van der Waals surface area contributed by atoms with Crippen LogP contribution in [0.5, 0.6) is 0 Å². The predicted octanol–water partition coefficient (Wildman–Crippen LogP) is 6.09. The van der Waals surface area contributed by atoms with Gasteiger partial charge in [-0.05, 0) is 67.8 Å². The molecule has 3 aromatic rings. The molecule has 1 atom stereocenters. The fourth-order valence-electron chi connectivity index (χ4n) is 4.09. The van der Waals surface area contributed by atoms with Gasteiger partial charge in [0.25, 0.3) is 0 Å². The van der Waals surface area contributed by atoms with Crippen molar-refractivity contribution in [3.8, 4) is 0 Å². The molecule has 1 saturated heterocycles. The Morgan fingerprint density at radius 2 is 1.92 bits per heavy atom. The van der Waals surface area contributed by atoms with Crippen LogP contribution in [0.25, 0.3) is 0 Å². The number of halogens is 2. The summed E-state index contributed by atoms with van der Waals surface area (Å²) in [6.45, 7) is 3.57. The summed E-state index contributed by atoms with van der Waals surface area (Å²) in [5.74, 6) is -0.532. The summed E-state index contributed by atoms with van der Waals surface area (Å²) >= 11 is 7.69. The molecule has 1 N–H and O–H groups in total. The average molecular weight is 530 g/mol. The van der Waals surface area contributed by atoms with Crippen molar-refractivity contribution >= 4 is 40.6 Å². The Balaban J connectivity index is 1.52. The SMILES string of the molecule is Cc1ccc(CN(Cc2ccc(F)cc2)C(=O)CN(C[C@H]2CCCO2)C(=O)Nc2cccc(Cl)c2)s1. The van der Waals surface area contributed by atoms with Gasteiger partial charge in [-0.3, -0.25) is 4.79 Å². The van der Waals surface area contributed by atoms with Crippen LogP contribution in [-0.4, -0.2) is 47.5 Å². The van der Waals surface area contributed by atoms with Crippen molar-refractivity contribution in [3.05, 3.63) is 86.8 Å². The number of nitrogens with one attached hydrogen (secondary N) is 1. The van der Waals surface area contributed by atoms with E-state index >= 15 is 0 Å². The van der Waals surface area contributed by atoms with Gasteiger partial charge in [0.05, 0.1) is 12.6 Å². The maximum absolute atomic E-state index is 13.6. The van der Waals surface area contributed by atoms with Crippen LogP contribution in [0.3, 0.4) is 0 Å². The van der Waals surface area contributed by atoms with E-state index in [9.17, 15) is 14.0 Å². The Morgan fingerprint density at radius 3 is 2.58 bits per heavy atom. The molecular weight excluding hydrogens is 501 g/mol. The van der Waals surface area contributed by atoms with Gasteiger partial charge in [0, 0.05) is 40.2 Å². The van der Waals surface area contributed by atoms with Crippen LogP contribution in [0.15, 0.2) is 60.7 Å². The number of carbonyl (C=O) groups excluding carboxylic acids is 2. The van der Waals surface area contributed by atoms with Crippen LogP contribution in [0, 0.1) is 12.7 Å². The Hall–Kier alpha value is -2.94. The number of aryl methyl sites for hydroxylation is 1. The van der Waals surface area contributed by atoms with Crippen molar-refractivity contribution in [1.29, 1.82) is 0 Å². The number of amides is 3. The summed E-state index contributed by atoms with van der Waals surface area (Å²) in [6, 6.07) is 16.6. The molecule has 4 rings (SSSR count). The zero-order chi connectivity index (χ0) is 25.5. The molecule has 0 spiro atoms. The minimum absolute atomic E-state index is 0.113. The number of carbonyl (C=O) groups is 2. The number of hydrogen-bond donors (Lipinski definition) is 1. The van der Waals surface area contributed by atoms with Crippen LogP contribution >= 0.6 is 22.9 Å². The summed E-state index contributed by atoms with van der Waals surface area (Å²) < 4.78 is 19.2. The first-order valence-electron chi connectivity index (χ1n) is 11.9. The van der Waals surface area contributed by atoms with Crippen LogP contribution in [0.4, 0.5) is 14.9 Å². The molecule has 1 aliphatic rings. The summed E-state index contributed by atoms with van der Waals surface area (Å²) in [5.41, 5.74) is 1.36. The van der Waals surface area contributed by atoms with E-state index in [4.69, 9.17) is 16.3 Å². The van der Waals surface area contributed by atoms with Gasteiger partial charge >= 0.3 is 6.03 Å². The van der Waals surface area contributed by atoms with Gasteiger partial charge in [-0.1, -0.05) is 29.8 Å². The van der Waals surface area contributed by atoms with Crippen LogP contribution in [-0.2, 0) is 22.6 Å². The number of thiophene rings is 1. The number of urea groups is 1. The molecule has 0 aliphatic carbocycles. The van der Waals surface area contributed by atoms with Gasteiger partial charge in [0.1, 0.15) is 12.4 Å². The quantitative estimate of drug-likeness (QED) is 0.365. The Morgan fingerprint density at radius 1 is 1.11 bits per heavy atom. The van der Waals surface area contributed by atoms with Crippen molar-refractivity contribution in [3.63, 3.8) is 0 Å². The van der Waals surface area contributed by atoms with Gasteiger partial charge in [-0.15, -0.1) is 11.3 Å². The zero-order valence-corrected chi connectivity index (χ0v) is 21.7. The molecule has 0 unspecified atom stereocenters. The molecule has 6 nitrogen and oxygen atoms in total. The highest BCUT2D eigenvalue weighted by Crippen LogP contribution is 2.21. The minimum Gasteiger partial charge on any atom is -0.376 e. The standard InChI is InChI=1S/C27H29ClFN3O3S/c1-19-7-12-25(36-19)17-31(15-20-8-10-22(29)11-9-20)26(33)18-32(16-24-6-3-13-35-24)27(34)30-23-5-2-4-21(28)14-23/h2,4-5,7-12,14,24H,3,6,13,15-18H2,1H3,(H,30,34)/t24-/m1/s1. The van der Waals surface area contributed by atoms with E-state index in [1.54, 1.807) is 52.6 Å². The molecule has 0 radical (unpaired) electrons. The third-order valence-electron chi connectivity index (χ3n) is 5.92.